The number of ether oxygens (including phenoxy) is 1. The van der Waals surface area contributed by atoms with Crippen LogP contribution in [-0.2, 0) is 14.3 Å². The van der Waals surface area contributed by atoms with Gasteiger partial charge in [-0.3, -0.25) is 9.59 Å². The molecule has 4 aliphatic carbocycles. The Morgan fingerprint density at radius 2 is 1.85 bits per heavy atom. The number of esters is 1. The first-order valence-electron chi connectivity index (χ1n) is 10.7. The number of carbonyl (C=O) groups is 2. The maximum Gasteiger partial charge on any atom is 0.308 e. The van der Waals surface area contributed by atoms with Gasteiger partial charge in [-0.25, -0.2) is 0 Å². The molecule has 0 aromatic heterocycles. The fraction of sp³-hybridized carbons (Fsp3) is 0.826. The van der Waals surface area contributed by atoms with Crippen molar-refractivity contribution in [3.63, 3.8) is 0 Å². The van der Waals surface area contributed by atoms with Crippen molar-refractivity contribution >= 4 is 11.8 Å². The van der Waals surface area contributed by atoms with Crippen molar-refractivity contribution in [1.82, 2.24) is 0 Å². The zero-order chi connectivity index (χ0) is 18.7. The number of carbonyl (C=O) groups excluding carboxylic acids is 2. The highest BCUT2D eigenvalue weighted by Crippen LogP contribution is 2.65. The zero-order valence-corrected chi connectivity index (χ0v) is 16.8. The zero-order valence-electron chi connectivity index (χ0n) is 16.8. The largest absolute Gasteiger partial charge is 0.462 e. The Morgan fingerprint density at radius 1 is 1.08 bits per heavy atom. The summed E-state index contributed by atoms with van der Waals surface area (Å²) in [4.78, 5) is 24.1. The van der Waals surface area contributed by atoms with Crippen LogP contribution >= 0.6 is 0 Å². The summed E-state index contributed by atoms with van der Waals surface area (Å²) < 4.78 is 5.98. The van der Waals surface area contributed by atoms with Crippen LogP contribution in [-0.4, -0.2) is 17.9 Å². The molecule has 3 nitrogen and oxygen atoms in total. The third-order valence-corrected chi connectivity index (χ3v) is 8.60. The molecule has 0 unspecified atom stereocenters. The average Bonchev–Trinajstić information content (AvgIpc) is 2.92. The molecule has 4 aliphatic rings. The number of ketones is 1. The quantitative estimate of drug-likeness (QED) is 0.646. The molecule has 0 heterocycles. The standard InChI is InChI=1S/C23H34O3/c1-14(2)21(25)26-20-8-7-18-17-6-5-15-13-16(24)9-11-22(15,3)19(17)10-12-23(18,20)4/h13-14,17-20H,5-12H2,1-4H3/t17-,18-,19-,20+,22+,23-/m1/s1. The lowest BCUT2D eigenvalue weighted by Crippen LogP contribution is -2.51. The molecule has 26 heavy (non-hydrogen) atoms. The molecule has 0 radical (unpaired) electrons. The first kappa shape index (κ1) is 18.3. The highest BCUT2D eigenvalue weighted by Gasteiger charge is 2.59. The Hall–Kier alpha value is -1.12. The number of hydrogen-bond donors (Lipinski definition) is 0. The van der Waals surface area contributed by atoms with E-state index in [2.05, 4.69) is 13.8 Å². The second-order valence-corrected chi connectivity index (χ2v) is 10.2. The average molecular weight is 359 g/mol. The fourth-order valence-electron chi connectivity index (χ4n) is 6.98. The van der Waals surface area contributed by atoms with Gasteiger partial charge in [-0.1, -0.05) is 33.3 Å². The molecule has 3 fully saturated rings. The molecule has 4 rings (SSSR count). The topological polar surface area (TPSA) is 43.4 Å². The van der Waals surface area contributed by atoms with Gasteiger partial charge in [-0.15, -0.1) is 0 Å². The number of allylic oxidation sites excluding steroid dienone is 1. The van der Waals surface area contributed by atoms with Crippen molar-refractivity contribution in [1.29, 1.82) is 0 Å². The van der Waals surface area contributed by atoms with Crippen LogP contribution in [0.4, 0.5) is 0 Å². The van der Waals surface area contributed by atoms with E-state index in [0.29, 0.717) is 17.6 Å². The number of rotatable bonds is 2. The molecule has 6 atom stereocenters. The van der Waals surface area contributed by atoms with Gasteiger partial charge in [0.1, 0.15) is 6.10 Å². The molecular formula is C23H34O3. The minimum Gasteiger partial charge on any atom is -0.462 e. The van der Waals surface area contributed by atoms with Crippen LogP contribution in [0.1, 0.15) is 79.1 Å². The van der Waals surface area contributed by atoms with Crippen LogP contribution in [0.2, 0.25) is 0 Å². The van der Waals surface area contributed by atoms with Crippen molar-refractivity contribution in [2.24, 2.45) is 34.5 Å². The second kappa shape index (κ2) is 6.21. The lowest BCUT2D eigenvalue weighted by Gasteiger charge is -2.57. The summed E-state index contributed by atoms with van der Waals surface area (Å²) in [6, 6.07) is 0. The predicted molar refractivity (Wildman–Crippen MR) is 101 cm³/mol. The summed E-state index contributed by atoms with van der Waals surface area (Å²) in [6.45, 7) is 8.66. The second-order valence-electron chi connectivity index (χ2n) is 10.2. The Labute approximate surface area is 157 Å². The normalized spacial score (nSPS) is 44.8. The molecule has 0 N–H and O–H groups in total. The van der Waals surface area contributed by atoms with Gasteiger partial charge in [-0.05, 0) is 74.2 Å². The Kier molecular flexibility index (Phi) is 4.36. The summed E-state index contributed by atoms with van der Waals surface area (Å²) >= 11 is 0. The van der Waals surface area contributed by atoms with E-state index in [1.807, 2.05) is 19.9 Å². The van der Waals surface area contributed by atoms with E-state index in [-0.39, 0.29) is 28.8 Å². The molecule has 0 saturated heterocycles. The molecule has 0 amide bonds. The summed E-state index contributed by atoms with van der Waals surface area (Å²) in [5.74, 6) is 2.35. The van der Waals surface area contributed by atoms with E-state index in [1.54, 1.807) is 0 Å². The van der Waals surface area contributed by atoms with Gasteiger partial charge in [0.15, 0.2) is 5.78 Å². The van der Waals surface area contributed by atoms with Gasteiger partial charge in [0, 0.05) is 11.8 Å². The van der Waals surface area contributed by atoms with Gasteiger partial charge in [0.25, 0.3) is 0 Å². The molecular weight excluding hydrogens is 324 g/mol. The molecule has 0 aliphatic heterocycles. The highest BCUT2D eigenvalue weighted by molar-refractivity contribution is 5.91. The molecule has 0 aromatic carbocycles. The van der Waals surface area contributed by atoms with E-state index in [9.17, 15) is 9.59 Å². The Balaban J connectivity index is 1.57. The van der Waals surface area contributed by atoms with Crippen LogP contribution in [0.3, 0.4) is 0 Å². The highest BCUT2D eigenvalue weighted by atomic mass is 16.5. The van der Waals surface area contributed by atoms with Crippen LogP contribution in [0.15, 0.2) is 11.6 Å². The van der Waals surface area contributed by atoms with Crippen molar-refractivity contribution in [2.75, 3.05) is 0 Å². The van der Waals surface area contributed by atoms with E-state index >= 15 is 0 Å². The maximum atomic E-state index is 12.2. The van der Waals surface area contributed by atoms with E-state index in [1.165, 1.54) is 24.8 Å². The molecule has 0 aromatic rings. The lowest BCUT2D eigenvalue weighted by atomic mass is 9.47. The van der Waals surface area contributed by atoms with Crippen LogP contribution in [0.5, 0.6) is 0 Å². The van der Waals surface area contributed by atoms with Gasteiger partial charge in [0.2, 0.25) is 0 Å². The minimum atomic E-state index is -0.0462. The van der Waals surface area contributed by atoms with Crippen LogP contribution < -0.4 is 0 Å². The number of hydrogen-bond acceptors (Lipinski definition) is 3. The molecule has 0 bridgehead atoms. The van der Waals surface area contributed by atoms with Crippen molar-refractivity contribution in [2.45, 2.75) is 85.2 Å². The molecule has 3 heteroatoms. The lowest BCUT2D eigenvalue weighted by molar-refractivity contribution is -0.163. The van der Waals surface area contributed by atoms with Gasteiger partial charge in [0.05, 0.1) is 5.92 Å². The third-order valence-electron chi connectivity index (χ3n) is 8.60. The third kappa shape index (κ3) is 2.60. The minimum absolute atomic E-state index is 0.0365. The summed E-state index contributed by atoms with van der Waals surface area (Å²) in [5.41, 5.74) is 1.80. The molecule has 144 valence electrons. The van der Waals surface area contributed by atoms with E-state index in [0.717, 1.165) is 38.0 Å². The number of fused-ring (bicyclic) bond motifs is 5. The summed E-state index contributed by atoms with van der Waals surface area (Å²) in [7, 11) is 0. The predicted octanol–water partition coefficient (Wildman–Crippen LogP) is 5.09. The van der Waals surface area contributed by atoms with E-state index < -0.39 is 0 Å². The monoisotopic (exact) mass is 358 g/mol. The first-order valence-corrected chi connectivity index (χ1v) is 10.7. The Morgan fingerprint density at radius 3 is 2.58 bits per heavy atom. The summed E-state index contributed by atoms with van der Waals surface area (Å²) in [5, 5.41) is 0. The fourth-order valence-corrected chi connectivity index (χ4v) is 6.98. The molecule has 0 spiro atoms. The van der Waals surface area contributed by atoms with Crippen LogP contribution in [0, 0.1) is 34.5 Å². The maximum absolute atomic E-state index is 12.2. The smallest absolute Gasteiger partial charge is 0.308 e. The molecule has 3 saturated carbocycles. The van der Waals surface area contributed by atoms with Gasteiger partial charge >= 0.3 is 5.97 Å². The first-order chi connectivity index (χ1) is 12.3. The van der Waals surface area contributed by atoms with Crippen molar-refractivity contribution < 1.29 is 14.3 Å². The Bertz CT molecular complexity index is 648. The van der Waals surface area contributed by atoms with Crippen LogP contribution in [0.25, 0.3) is 0 Å². The van der Waals surface area contributed by atoms with Crippen molar-refractivity contribution in [3.05, 3.63) is 11.6 Å². The van der Waals surface area contributed by atoms with Gasteiger partial charge in [-0.2, -0.15) is 0 Å². The summed E-state index contributed by atoms with van der Waals surface area (Å²) in [6.07, 6.45) is 10.7. The van der Waals surface area contributed by atoms with Gasteiger partial charge < -0.3 is 4.74 Å². The van der Waals surface area contributed by atoms with Crippen molar-refractivity contribution in [3.8, 4) is 0 Å². The van der Waals surface area contributed by atoms with E-state index in [4.69, 9.17) is 4.74 Å². The SMILES string of the molecule is CC(C)C(=O)O[C@H]1CC[C@@H]2[C@H]3CCC4=CC(=O)CC[C@]4(C)[C@@H]3CC[C@@]12C.